The van der Waals surface area contributed by atoms with E-state index >= 15 is 0 Å². The molecule has 2 rings (SSSR count). The van der Waals surface area contributed by atoms with E-state index in [1.807, 2.05) is 24.3 Å². The lowest BCUT2D eigenvalue weighted by Gasteiger charge is -2.02. The summed E-state index contributed by atoms with van der Waals surface area (Å²) in [5.41, 5.74) is 1.05. The van der Waals surface area contributed by atoms with Crippen molar-refractivity contribution in [3.8, 4) is 5.75 Å². The van der Waals surface area contributed by atoms with Gasteiger partial charge in [0.15, 0.2) is 12.0 Å². The monoisotopic (exact) mass is 209 g/mol. The van der Waals surface area contributed by atoms with Crippen molar-refractivity contribution in [2.24, 2.45) is 0 Å². The number of ether oxygens (including phenoxy) is 1. The molecule has 0 saturated carbocycles. The van der Waals surface area contributed by atoms with Crippen LogP contribution in [0.2, 0.25) is 5.02 Å². The van der Waals surface area contributed by atoms with Crippen molar-refractivity contribution in [3.05, 3.63) is 47.3 Å². The molecule has 4 heteroatoms. The Morgan fingerprint density at radius 3 is 2.71 bits per heavy atom. The highest BCUT2D eigenvalue weighted by molar-refractivity contribution is 6.30. The molecule has 0 radical (unpaired) electrons. The Labute approximate surface area is 86.2 Å². The summed E-state index contributed by atoms with van der Waals surface area (Å²) in [5, 5.41) is 4.25. The predicted octanol–water partition coefficient (Wildman–Crippen LogP) is 2.91. The van der Waals surface area contributed by atoms with Gasteiger partial charge in [-0.2, -0.15) is 0 Å². The zero-order valence-corrected chi connectivity index (χ0v) is 8.07. The molecule has 72 valence electrons. The van der Waals surface area contributed by atoms with Crippen LogP contribution >= 0.6 is 11.6 Å². The van der Waals surface area contributed by atoms with E-state index in [-0.39, 0.29) is 0 Å². The largest absolute Gasteiger partial charge is 0.484 e. The van der Waals surface area contributed by atoms with E-state index < -0.39 is 0 Å². The van der Waals surface area contributed by atoms with Crippen LogP contribution in [0.15, 0.2) is 41.2 Å². The smallest absolute Gasteiger partial charge is 0.179 e. The summed E-state index contributed by atoms with van der Waals surface area (Å²) in [6.45, 7) is 0.485. The number of rotatable bonds is 3. The van der Waals surface area contributed by atoms with Gasteiger partial charge in [-0.25, -0.2) is 0 Å². The third-order valence-corrected chi connectivity index (χ3v) is 1.98. The van der Waals surface area contributed by atoms with Crippen molar-refractivity contribution in [2.45, 2.75) is 6.61 Å². The Morgan fingerprint density at radius 2 is 2.07 bits per heavy atom. The molecule has 0 spiro atoms. The normalized spacial score (nSPS) is 10.1. The molecule has 0 aliphatic rings. The third-order valence-electron chi connectivity index (χ3n) is 1.73. The highest BCUT2D eigenvalue weighted by atomic mass is 35.5. The maximum atomic E-state index is 5.75. The SMILES string of the molecule is Clc1ccc(COc2cnoc2)cc1. The van der Waals surface area contributed by atoms with Crippen LogP contribution in [-0.4, -0.2) is 5.16 Å². The Hall–Kier alpha value is -1.48. The first-order chi connectivity index (χ1) is 6.84. The molecular formula is C10H8ClNO2. The molecular weight excluding hydrogens is 202 g/mol. The van der Waals surface area contributed by atoms with Crippen LogP contribution in [0.3, 0.4) is 0 Å². The first kappa shape index (κ1) is 9.09. The van der Waals surface area contributed by atoms with Gasteiger partial charge in [-0.1, -0.05) is 28.9 Å². The molecule has 1 heterocycles. The standard InChI is InChI=1S/C10H8ClNO2/c11-9-3-1-8(2-4-9)6-13-10-5-12-14-7-10/h1-5,7H,6H2. The van der Waals surface area contributed by atoms with Gasteiger partial charge in [-0.05, 0) is 17.7 Å². The van der Waals surface area contributed by atoms with Crippen molar-refractivity contribution in [1.29, 1.82) is 0 Å². The molecule has 3 nitrogen and oxygen atoms in total. The maximum absolute atomic E-state index is 5.75. The minimum atomic E-state index is 0.485. The zero-order chi connectivity index (χ0) is 9.80. The first-order valence-corrected chi connectivity index (χ1v) is 4.49. The van der Waals surface area contributed by atoms with Gasteiger partial charge in [0.2, 0.25) is 0 Å². The number of hydrogen-bond donors (Lipinski definition) is 0. The predicted molar refractivity (Wildman–Crippen MR) is 52.3 cm³/mol. The molecule has 1 aromatic heterocycles. The lowest BCUT2D eigenvalue weighted by Crippen LogP contribution is -1.93. The lowest BCUT2D eigenvalue weighted by molar-refractivity contribution is 0.301. The fourth-order valence-corrected chi connectivity index (χ4v) is 1.14. The van der Waals surface area contributed by atoms with E-state index in [9.17, 15) is 0 Å². The third kappa shape index (κ3) is 2.26. The Balaban J connectivity index is 1.95. The molecule has 1 aromatic carbocycles. The molecule has 0 aliphatic carbocycles. The molecule has 0 N–H and O–H groups in total. The van der Waals surface area contributed by atoms with Gasteiger partial charge in [0.05, 0.1) is 0 Å². The second-order valence-corrected chi connectivity index (χ2v) is 3.21. The van der Waals surface area contributed by atoms with Crippen molar-refractivity contribution in [1.82, 2.24) is 5.16 Å². The molecule has 14 heavy (non-hydrogen) atoms. The summed E-state index contributed by atoms with van der Waals surface area (Å²) in [5.74, 6) is 0.625. The fraction of sp³-hybridized carbons (Fsp3) is 0.100. The maximum Gasteiger partial charge on any atom is 0.179 e. The highest BCUT2D eigenvalue weighted by Crippen LogP contribution is 2.13. The van der Waals surface area contributed by atoms with Crippen molar-refractivity contribution >= 4 is 11.6 Å². The Kier molecular flexibility index (Phi) is 2.70. The minimum Gasteiger partial charge on any atom is -0.484 e. The fourth-order valence-electron chi connectivity index (χ4n) is 1.01. The van der Waals surface area contributed by atoms with Crippen LogP contribution in [-0.2, 0) is 6.61 Å². The van der Waals surface area contributed by atoms with Gasteiger partial charge in [0.1, 0.15) is 12.8 Å². The van der Waals surface area contributed by atoms with Gasteiger partial charge >= 0.3 is 0 Å². The molecule has 0 bridgehead atoms. The highest BCUT2D eigenvalue weighted by Gasteiger charge is 1.97. The molecule has 0 atom stereocenters. The van der Waals surface area contributed by atoms with Crippen LogP contribution in [0, 0.1) is 0 Å². The molecule has 0 amide bonds. The minimum absolute atomic E-state index is 0.485. The summed E-state index contributed by atoms with van der Waals surface area (Å²) in [7, 11) is 0. The van der Waals surface area contributed by atoms with Crippen molar-refractivity contribution < 1.29 is 9.26 Å². The van der Waals surface area contributed by atoms with E-state index in [4.69, 9.17) is 16.3 Å². The average Bonchev–Trinajstić information content (AvgIpc) is 2.70. The summed E-state index contributed by atoms with van der Waals surface area (Å²) in [4.78, 5) is 0. The van der Waals surface area contributed by atoms with E-state index in [1.54, 1.807) is 0 Å². The van der Waals surface area contributed by atoms with Gasteiger partial charge in [0, 0.05) is 5.02 Å². The van der Waals surface area contributed by atoms with Gasteiger partial charge < -0.3 is 9.26 Å². The second kappa shape index (κ2) is 4.15. The second-order valence-electron chi connectivity index (χ2n) is 2.78. The average molecular weight is 210 g/mol. The Bertz CT molecular complexity index is 383. The van der Waals surface area contributed by atoms with Gasteiger partial charge in [-0.3, -0.25) is 0 Å². The van der Waals surface area contributed by atoms with E-state index in [2.05, 4.69) is 9.68 Å². The quantitative estimate of drug-likeness (QED) is 0.780. The molecule has 0 unspecified atom stereocenters. The summed E-state index contributed by atoms with van der Waals surface area (Å²) in [6.07, 6.45) is 2.98. The number of nitrogens with zero attached hydrogens (tertiary/aromatic N) is 1. The van der Waals surface area contributed by atoms with Crippen LogP contribution in [0.1, 0.15) is 5.56 Å². The lowest BCUT2D eigenvalue weighted by atomic mass is 10.2. The van der Waals surface area contributed by atoms with E-state index in [0.717, 1.165) is 10.6 Å². The van der Waals surface area contributed by atoms with E-state index in [1.165, 1.54) is 12.5 Å². The summed E-state index contributed by atoms with van der Waals surface area (Å²) in [6, 6.07) is 7.48. The van der Waals surface area contributed by atoms with Gasteiger partial charge in [-0.15, -0.1) is 0 Å². The van der Waals surface area contributed by atoms with Crippen LogP contribution in [0.5, 0.6) is 5.75 Å². The molecule has 0 aliphatic heterocycles. The number of hydrogen-bond acceptors (Lipinski definition) is 3. The molecule has 0 saturated heterocycles. The van der Waals surface area contributed by atoms with Gasteiger partial charge in [0.25, 0.3) is 0 Å². The zero-order valence-electron chi connectivity index (χ0n) is 7.31. The van der Waals surface area contributed by atoms with Crippen LogP contribution in [0.25, 0.3) is 0 Å². The van der Waals surface area contributed by atoms with E-state index in [0.29, 0.717) is 12.4 Å². The number of halogens is 1. The van der Waals surface area contributed by atoms with Crippen LogP contribution in [0.4, 0.5) is 0 Å². The van der Waals surface area contributed by atoms with Crippen molar-refractivity contribution in [2.75, 3.05) is 0 Å². The molecule has 2 aromatic rings. The first-order valence-electron chi connectivity index (χ1n) is 4.11. The summed E-state index contributed by atoms with van der Waals surface area (Å²) >= 11 is 5.75. The van der Waals surface area contributed by atoms with Crippen LogP contribution < -0.4 is 4.74 Å². The number of aromatic nitrogens is 1. The molecule has 0 fully saturated rings. The Morgan fingerprint density at radius 1 is 1.29 bits per heavy atom. The summed E-state index contributed by atoms with van der Waals surface area (Å²) < 4.78 is 10.00. The van der Waals surface area contributed by atoms with Crippen molar-refractivity contribution in [3.63, 3.8) is 0 Å². The number of benzene rings is 1. The topological polar surface area (TPSA) is 35.3 Å².